The summed E-state index contributed by atoms with van der Waals surface area (Å²) in [6.45, 7) is 5.84. The molecule has 27 heavy (non-hydrogen) atoms. The third-order valence-corrected chi connectivity index (χ3v) is 6.55. The maximum atomic E-state index is 12.9. The molecule has 2 heterocycles. The molecule has 0 spiro atoms. The van der Waals surface area contributed by atoms with Gasteiger partial charge in [0, 0.05) is 32.0 Å². The zero-order valence-electron chi connectivity index (χ0n) is 16.6. The minimum absolute atomic E-state index is 0. The number of piperidine rings is 1. The van der Waals surface area contributed by atoms with Crippen molar-refractivity contribution in [3.63, 3.8) is 0 Å². The number of rotatable bonds is 3. The maximum Gasteiger partial charge on any atom is 0.239 e. The number of hydrogen-bond acceptors (Lipinski definition) is 3. The molecule has 2 saturated heterocycles. The maximum absolute atomic E-state index is 12.9. The van der Waals surface area contributed by atoms with Crippen LogP contribution in [0.1, 0.15) is 56.1 Å². The van der Waals surface area contributed by atoms with E-state index in [2.05, 4.69) is 42.3 Å². The number of carbonyl (C=O) groups excluding carboxylic acids is 1. The molecule has 1 N–H and O–H groups in total. The van der Waals surface area contributed by atoms with Crippen molar-refractivity contribution in [2.24, 2.45) is 5.92 Å². The smallest absolute Gasteiger partial charge is 0.239 e. The molecule has 1 aliphatic carbocycles. The van der Waals surface area contributed by atoms with E-state index in [0.717, 1.165) is 44.0 Å². The van der Waals surface area contributed by atoms with Crippen LogP contribution < -0.4 is 10.1 Å². The number of nitrogens with one attached hydrogen (secondary N) is 1. The predicted molar refractivity (Wildman–Crippen MR) is 111 cm³/mol. The molecule has 0 bridgehead atoms. The van der Waals surface area contributed by atoms with E-state index in [4.69, 9.17) is 4.74 Å². The van der Waals surface area contributed by atoms with Crippen LogP contribution in [0.2, 0.25) is 0 Å². The monoisotopic (exact) mass is 392 g/mol. The minimum atomic E-state index is 0. The molecule has 0 aromatic heterocycles. The number of aryl methyl sites for hydroxylation is 2. The summed E-state index contributed by atoms with van der Waals surface area (Å²) in [5, 5.41) is 3.63. The van der Waals surface area contributed by atoms with E-state index in [1.807, 2.05) is 0 Å². The first kappa shape index (κ1) is 20.5. The molecule has 4 rings (SSSR count). The van der Waals surface area contributed by atoms with E-state index in [-0.39, 0.29) is 24.6 Å². The number of hydrogen-bond donors (Lipinski definition) is 1. The molecule has 1 saturated carbocycles. The molecule has 4 nitrogen and oxygen atoms in total. The van der Waals surface area contributed by atoms with Crippen LogP contribution in [0.25, 0.3) is 0 Å². The SMILES string of the molecule is Cc1ccc(C)c(OC2CCN(C(=O)C3CC4CCCCC4N3)CC2)c1.Cl. The second kappa shape index (κ2) is 8.83. The highest BCUT2D eigenvalue weighted by Gasteiger charge is 2.40. The number of fused-ring (bicyclic) bond motifs is 1. The molecule has 1 aromatic rings. The summed E-state index contributed by atoms with van der Waals surface area (Å²) in [6, 6.07) is 7.00. The first-order valence-corrected chi connectivity index (χ1v) is 10.4. The van der Waals surface area contributed by atoms with Gasteiger partial charge < -0.3 is 15.0 Å². The third-order valence-electron chi connectivity index (χ3n) is 6.55. The Bertz CT molecular complexity index is 644. The van der Waals surface area contributed by atoms with Crippen LogP contribution >= 0.6 is 12.4 Å². The number of likely N-dealkylation sites (tertiary alicyclic amines) is 1. The van der Waals surface area contributed by atoms with Crippen molar-refractivity contribution in [1.82, 2.24) is 10.2 Å². The molecule has 1 amide bonds. The van der Waals surface area contributed by atoms with Gasteiger partial charge in [-0.05, 0) is 56.2 Å². The number of benzene rings is 1. The molecule has 3 unspecified atom stereocenters. The molecular formula is C22H33ClN2O2. The summed E-state index contributed by atoms with van der Waals surface area (Å²) in [7, 11) is 0. The lowest BCUT2D eigenvalue weighted by atomic mass is 9.85. The summed E-state index contributed by atoms with van der Waals surface area (Å²) in [5.74, 6) is 2.05. The summed E-state index contributed by atoms with van der Waals surface area (Å²) in [6.07, 6.45) is 8.33. The molecule has 3 fully saturated rings. The predicted octanol–water partition coefficient (Wildman–Crippen LogP) is 4.02. The Kier molecular flexibility index (Phi) is 6.69. The zero-order chi connectivity index (χ0) is 18.1. The van der Waals surface area contributed by atoms with E-state index in [0.29, 0.717) is 11.9 Å². The second-order valence-electron chi connectivity index (χ2n) is 8.52. The number of carbonyl (C=O) groups is 1. The first-order valence-electron chi connectivity index (χ1n) is 10.4. The lowest BCUT2D eigenvalue weighted by Crippen LogP contribution is -2.49. The fraction of sp³-hybridized carbons (Fsp3) is 0.682. The largest absolute Gasteiger partial charge is 0.490 e. The van der Waals surface area contributed by atoms with Crippen LogP contribution in [0, 0.1) is 19.8 Å². The molecule has 150 valence electrons. The van der Waals surface area contributed by atoms with Crippen molar-refractivity contribution in [1.29, 1.82) is 0 Å². The summed E-state index contributed by atoms with van der Waals surface area (Å²) in [4.78, 5) is 15.0. The van der Waals surface area contributed by atoms with Crippen molar-refractivity contribution in [2.75, 3.05) is 13.1 Å². The molecule has 3 atom stereocenters. The number of ether oxygens (including phenoxy) is 1. The Labute approximate surface area is 169 Å². The van der Waals surface area contributed by atoms with Gasteiger partial charge in [-0.15, -0.1) is 12.4 Å². The fourth-order valence-corrected chi connectivity index (χ4v) is 4.94. The molecule has 0 radical (unpaired) electrons. The summed E-state index contributed by atoms with van der Waals surface area (Å²) < 4.78 is 6.24. The Balaban J connectivity index is 0.00000210. The molecule has 1 aromatic carbocycles. The Morgan fingerprint density at radius 3 is 2.59 bits per heavy atom. The van der Waals surface area contributed by atoms with E-state index in [1.54, 1.807) is 0 Å². The van der Waals surface area contributed by atoms with Crippen LogP contribution in [0.5, 0.6) is 5.75 Å². The number of nitrogens with zero attached hydrogens (tertiary/aromatic N) is 1. The standard InChI is InChI=1S/C22H32N2O2.ClH/c1-15-7-8-16(2)21(13-15)26-18-9-11-24(12-10-18)22(25)20-14-17-5-3-4-6-19(17)23-20;/h7-8,13,17-20,23H,3-6,9-12,14H2,1-2H3;1H. The van der Waals surface area contributed by atoms with Gasteiger partial charge >= 0.3 is 0 Å². The zero-order valence-corrected chi connectivity index (χ0v) is 17.4. The highest BCUT2D eigenvalue weighted by Crippen LogP contribution is 2.34. The minimum Gasteiger partial charge on any atom is -0.490 e. The van der Waals surface area contributed by atoms with Crippen molar-refractivity contribution in [2.45, 2.75) is 77.0 Å². The quantitative estimate of drug-likeness (QED) is 0.844. The van der Waals surface area contributed by atoms with Gasteiger partial charge in [-0.2, -0.15) is 0 Å². The Hall–Kier alpha value is -1.26. The average Bonchev–Trinajstić information content (AvgIpc) is 3.09. The van der Waals surface area contributed by atoms with Crippen LogP contribution in [-0.4, -0.2) is 42.1 Å². The van der Waals surface area contributed by atoms with Crippen LogP contribution in [0.4, 0.5) is 0 Å². The van der Waals surface area contributed by atoms with E-state index in [1.165, 1.54) is 36.8 Å². The van der Waals surface area contributed by atoms with Gasteiger partial charge in [-0.3, -0.25) is 4.79 Å². The molecule has 2 aliphatic heterocycles. The van der Waals surface area contributed by atoms with Crippen molar-refractivity contribution < 1.29 is 9.53 Å². The fourth-order valence-electron chi connectivity index (χ4n) is 4.94. The van der Waals surface area contributed by atoms with E-state index < -0.39 is 0 Å². The number of halogens is 1. The van der Waals surface area contributed by atoms with Crippen molar-refractivity contribution >= 4 is 18.3 Å². The van der Waals surface area contributed by atoms with Gasteiger partial charge in [0.1, 0.15) is 11.9 Å². The van der Waals surface area contributed by atoms with E-state index >= 15 is 0 Å². The summed E-state index contributed by atoms with van der Waals surface area (Å²) >= 11 is 0. The average molecular weight is 393 g/mol. The van der Waals surface area contributed by atoms with Gasteiger partial charge in [0.05, 0.1) is 6.04 Å². The lowest BCUT2D eigenvalue weighted by Gasteiger charge is -2.34. The van der Waals surface area contributed by atoms with Gasteiger partial charge in [-0.1, -0.05) is 25.0 Å². The lowest BCUT2D eigenvalue weighted by molar-refractivity contribution is -0.135. The Morgan fingerprint density at radius 1 is 1.11 bits per heavy atom. The highest BCUT2D eigenvalue weighted by molar-refractivity contribution is 5.85. The molecule has 5 heteroatoms. The van der Waals surface area contributed by atoms with Gasteiger partial charge in [0.2, 0.25) is 5.91 Å². The first-order chi connectivity index (χ1) is 12.6. The molecule has 3 aliphatic rings. The van der Waals surface area contributed by atoms with E-state index in [9.17, 15) is 4.79 Å². The molecular weight excluding hydrogens is 360 g/mol. The third kappa shape index (κ3) is 4.60. The second-order valence-corrected chi connectivity index (χ2v) is 8.52. The summed E-state index contributed by atoms with van der Waals surface area (Å²) in [5.41, 5.74) is 2.42. The van der Waals surface area contributed by atoms with Gasteiger partial charge in [-0.25, -0.2) is 0 Å². The van der Waals surface area contributed by atoms with Crippen molar-refractivity contribution in [3.8, 4) is 5.75 Å². The number of amides is 1. The van der Waals surface area contributed by atoms with Crippen molar-refractivity contribution in [3.05, 3.63) is 29.3 Å². The van der Waals surface area contributed by atoms with Crippen LogP contribution in [0.15, 0.2) is 18.2 Å². The Morgan fingerprint density at radius 2 is 1.85 bits per heavy atom. The highest BCUT2D eigenvalue weighted by atomic mass is 35.5. The topological polar surface area (TPSA) is 41.6 Å². The van der Waals surface area contributed by atoms with Crippen LogP contribution in [-0.2, 0) is 4.79 Å². The van der Waals surface area contributed by atoms with Gasteiger partial charge in [0.15, 0.2) is 0 Å². The normalized spacial score (nSPS) is 28.4. The van der Waals surface area contributed by atoms with Gasteiger partial charge in [0.25, 0.3) is 0 Å². The van der Waals surface area contributed by atoms with Crippen LogP contribution in [0.3, 0.4) is 0 Å².